The molecule has 2 fully saturated rings. The number of aryl methyl sites for hydroxylation is 1. The Bertz CT molecular complexity index is 838. The number of carboxylic acids is 1. The maximum Gasteiger partial charge on any atom is 0.317 e. The van der Waals surface area contributed by atoms with Gasteiger partial charge in [0.1, 0.15) is 5.82 Å². The van der Waals surface area contributed by atoms with Gasteiger partial charge in [-0.3, -0.25) is 18.9 Å². The highest BCUT2D eigenvalue weighted by Crippen LogP contribution is 2.33. The summed E-state index contributed by atoms with van der Waals surface area (Å²) in [6.07, 6.45) is 5.77. The number of rotatable bonds is 7. The molecular formula is C18H23N5O3. The standard InChI is InChI=1S/C18H23N5O3/c1-11-20-21-16-5-4-13(9-23(11)16)18(26)19-14-6-15(7-14)22(10-17(24)25)8-12-2-3-12/h4-5,9,12,14-15H,2-3,6-8,10H2,1H3,(H,19,26)(H,24,25). The van der Waals surface area contributed by atoms with E-state index in [0.717, 1.165) is 25.2 Å². The van der Waals surface area contributed by atoms with E-state index in [1.54, 1.807) is 22.7 Å². The average Bonchev–Trinajstić information content (AvgIpc) is 3.31. The van der Waals surface area contributed by atoms with Crippen LogP contribution in [0.15, 0.2) is 18.3 Å². The van der Waals surface area contributed by atoms with Gasteiger partial charge in [0.15, 0.2) is 5.65 Å². The van der Waals surface area contributed by atoms with Crippen LogP contribution < -0.4 is 5.32 Å². The minimum Gasteiger partial charge on any atom is -0.480 e. The molecule has 0 bridgehead atoms. The predicted octanol–water partition coefficient (Wildman–Crippen LogP) is 1.10. The summed E-state index contributed by atoms with van der Waals surface area (Å²) in [7, 11) is 0. The molecule has 0 radical (unpaired) electrons. The topological polar surface area (TPSA) is 99.8 Å². The van der Waals surface area contributed by atoms with Crippen LogP contribution in [-0.2, 0) is 4.79 Å². The average molecular weight is 357 g/mol. The van der Waals surface area contributed by atoms with Gasteiger partial charge in [0, 0.05) is 24.8 Å². The fraction of sp³-hybridized carbons (Fsp3) is 0.556. The van der Waals surface area contributed by atoms with Gasteiger partial charge in [-0.1, -0.05) is 0 Å². The molecule has 0 aliphatic heterocycles. The summed E-state index contributed by atoms with van der Waals surface area (Å²) < 4.78 is 1.79. The van der Waals surface area contributed by atoms with Crippen LogP contribution in [0, 0.1) is 12.8 Å². The van der Waals surface area contributed by atoms with E-state index in [-0.39, 0.29) is 24.5 Å². The summed E-state index contributed by atoms with van der Waals surface area (Å²) in [5.74, 6) is 0.496. The molecular weight excluding hydrogens is 334 g/mol. The predicted molar refractivity (Wildman–Crippen MR) is 93.9 cm³/mol. The molecule has 2 N–H and O–H groups in total. The molecule has 0 saturated heterocycles. The Kier molecular flexibility index (Phi) is 4.36. The molecule has 2 aliphatic rings. The summed E-state index contributed by atoms with van der Waals surface area (Å²) >= 11 is 0. The van der Waals surface area contributed by atoms with Gasteiger partial charge in [0.25, 0.3) is 5.91 Å². The zero-order valence-corrected chi connectivity index (χ0v) is 14.8. The molecule has 1 amide bonds. The second-order valence-electron chi connectivity index (χ2n) is 7.46. The first-order valence-electron chi connectivity index (χ1n) is 9.07. The summed E-state index contributed by atoms with van der Waals surface area (Å²) in [6, 6.07) is 3.88. The van der Waals surface area contributed by atoms with E-state index < -0.39 is 5.97 Å². The van der Waals surface area contributed by atoms with Crippen LogP contribution in [0.5, 0.6) is 0 Å². The van der Waals surface area contributed by atoms with Gasteiger partial charge in [-0.2, -0.15) is 0 Å². The zero-order valence-electron chi connectivity index (χ0n) is 14.8. The van der Waals surface area contributed by atoms with Gasteiger partial charge in [-0.05, 0) is 50.7 Å². The minimum atomic E-state index is -0.782. The number of hydrogen-bond donors (Lipinski definition) is 2. The van der Waals surface area contributed by atoms with Crippen LogP contribution in [0.4, 0.5) is 0 Å². The van der Waals surface area contributed by atoms with Crippen molar-refractivity contribution in [2.75, 3.05) is 13.1 Å². The lowest BCUT2D eigenvalue weighted by Crippen LogP contribution is -2.55. The molecule has 0 aromatic carbocycles. The molecule has 8 heteroatoms. The third-order valence-electron chi connectivity index (χ3n) is 5.33. The maximum absolute atomic E-state index is 12.5. The number of carbonyl (C=O) groups is 2. The Morgan fingerprint density at radius 3 is 2.77 bits per heavy atom. The zero-order chi connectivity index (χ0) is 18.3. The molecule has 2 aromatic heterocycles. The van der Waals surface area contributed by atoms with E-state index in [2.05, 4.69) is 20.4 Å². The van der Waals surface area contributed by atoms with Crippen LogP contribution in [0.1, 0.15) is 41.9 Å². The lowest BCUT2D eigenvalue weighted by molar-refractivity contribution is -0.139. The summed E-state index contributed by atoms with van der Waals surface area (Å²) in [4.78, 5) is 25.6. The second-order valence-corrected chi connectivity index (χ2v) is 7.46. The van der Waals surface area contributed by atoms with Crippen molar-refractivity contribution in [3.63, 3.8) is 0 Å². The van der Waals surface area contributed by atoms with Gasteiger partial charge in [-0.15, -0.1) is 10.2 Å². The Balaban J connectivity index is 1.34. The molecule has 2 aromatic rings. The normalized spacial score (nSPS) is 22.4. The molecule has 0 atom stereocenters. The van der Waals surface area contributed by atoms with Gasteiger partial charge in [-0.25, -0.2) is 0 Å². The molecule has 4 rings (SSSR count). The lowest BCUT2D eigenvalue weighted by Gasteiger charge is -2.42. The maximum atomic E-state index is 12.5. The van der Waals surface area contributed by atoms with E-state index in [0.29, 0.717) is 17.1 Å². The van der Waals surface area contributed by atoms with Crippen LogP contribution >= 0.6 is 0 Å². The van der Waals surface area contributed by atoms with Gasteiger partial charge in [0.2, 0.25) is 0 Å². The highest BCUT2D eigenvalue weighted by atomic mass is 16.4. The second kappa shape index (κ2) is 6.68. The molecule has 2 aliphatic carbocycles. The summed E-state index contributed by atoms with van der Waals surface area (Å²) in [5, 5.41) is 20.2. The molecule has 2 saturated carbocycles. The van der Waals surface area contributed by atoms with Crippen LogP contribution in [0.3, 0.4) is 0 Å². The number of aliphatic carboxylic acids is 1. The SMILES string of the molecule is Cc1nnc2ccc(C(=O)NC3CC(N(CC(=O)O)CC4CC4)C3)cn12. The van der Waals surface area contributed by atoms with Crippen LogP contribution in [0.25, 0.3) is 5.65 Å². The van der Waals surface area contributed by atoms with Crippen molar-refractivity contribution in [2.45, 2.75) is 44.7 Å². The third-order valence-corrected chi connectivity index (χ3v) is 5.33. The fourth-order valence-corrected chi connectivity index (χ4v) is 3.56. The fourth-order valence-electron chi connectivity index (χ4n) is 3.56. The Labute approximate surface area is 151 Å². The quantitative estimate of drug-likeness (QED) is 0.770. The highest BCUT2D eigenvalue weighted by Gasteiger charge is 2.37. The first-order chi connectivity index (χ1) is 12.5. The van der Waals surface area contributed by atoms with Gasteiger partial charge in [0.05, 0.1) is 12.1 Å². The molecule has 26 heavy (non-hydrogen) atoms. The Morgan fingerprint density at radius 1 is 1.31 bits per heavy atom. The van der Waals surface area contributed by atoms with Crippen LogP contribution in [-0.4, -0.2) is 61.7 Å². The number of fused-ring (bicyclic) bond motifs is 1. The number of amides is 1. The first kappa shape index (κ1) is 17.0. The number of nitrogens with zero attached hydrogens (tertiary/aromatic N) is 4. The summed E-state index contributed by atoms with van der Waals surface area (Å²) in [5.41, 5.74) is 1.29. The van der Waals surface area contributed by atoms with Crippen molar-refractivity contribution in [3.8, 4) is 0 Å². The van der Waals surface area contributed by atoms with Crippen molar-refractivity contribution in [1.29, 1.82) is 0 Å². The van der Waals surface area contributed by atoms with Crippen molar-refractivity contribution < 1.29 is 14.7 Å². The Hall–Kier alpha value is -2.48. The number of aromatic nitrogens is 3. The smallest absolute Gasteiger partial charge is 0.317 e. The Morgan fingerprint density at radius 2 is 2.08 bits per heavy atom. The van der Waals surface area contributed by atoms with E-state index in [1.165, 1.54) is 12.8 Å². The highest BCUT2D eigenvalue weighted by molar-refractivity contribution is 5.94. The first-order valence-corrected chi connectivity index (χ1v) is 9.07. The van der Waals surface area contributed by atoms with Crippen LogP contribution in [0.2, 0.25) is 0 Å². The van der Waals surface area contributed by atoms with Crippen molar-refractivity contribution in [2.24, 2.45) is 5.92 Å². The van der Waals surface area contributed by atoms with E-state index in [1.807, 2.05) is 6.92 Å². The number of carboxylic acid groups (broad SMARTS) is 1. The van der Waals surface area contributed by atoms with Gasteiger partial charge >= 0.3 is 5.97 Å². The summed E-state index contributed by atoms with van der Waals surface area (Å²) in [6.45, 7) is 2.79. The number of pyridine rings is 1. The number of hydrogen-bond acceptors (Lipinski definition) is 5. The van der Waals surface area contributed by atoms with Crippen molar-refractivity contribution in [1.82, 2.24) is 24.8 Å². The van der Waals surface area contributed by atoms with E-state index >= 15 is 0 Å². The molecule has 0 unspecified atom stereocenters. The van der Waals surface area contributed by atoms with E-state index in [4.69, 9.17) is 5.11 Å². The lowest BCUT2D eigenvalue weighted by atomic mass is 9.85. The number of carbonyl (C=O) groups excluding carboxylic acids is 1. The monoisotopic (exact) mass is 357 g/mol. The van der Waals surface area contributed by atoms with Crippen molar-refractivity contribution >= 4 is 17.5 Å². The molecule has 0 spiro atoms. The minimum absolute atomic E-state index is 0.0887. The molecule has 8 nitrogen and oxygen atoms in total. The van der Waals surface area contributed by atoms with Gasteiger partial charge < -0.3 is 10.4 Å². The third kappa shape index (κ3) is 3.55. The number of nitrogens with one attached hydrogen (secondary N) is 1. The van der Waals surface area contributed by atoms with E-state index in [9.17, 15) is 9.59 Å². The largest absolute Gasteiger partial charge is 0.480 e. The van der Waals surface area contributed by atoms with Crippen molar-refractivity contribution in [3.05, 3.63) is 29.7 Å². The molecule has 2 heterocycles. The molecule has 138 valence electrons.